The van der Waals surface area contributed by atoms with Crippen LogP contribution in [0.4, 0.5) is 0 Å². The first-order chi connectivity index (χ1) is 8.72. The van der Waals surface area contributed by atoms with Crippen molar-refractivity contribution in [2.75, 3.05) is 13.2 Å². The first-order valence-electron chi connectivity index (χ1n) is 6.61. The Labute approximate surface area is 109 Å². The number of benzene rings is 1. The molecule has 0 aliphatic carbocycles. The number of hydrogen-bond donors (Lipinski definition) is 0. The summed E-state index contributed by atoms with van der Waals surface area (Å²) in [4.78, 5) is 12.3. The summed E-state index contributed by atoms with van der Waals surface area (Å²) in [6.07, 6.45) is 1.35. The zero-order valence-electron chi connectivity index (χ0n) is 11.4. The highest BCUT2D eigenvalue weighted by atomic mass is 16.5. The highest BCUT2D eigenvalue weighted by Gasteiger charge is 2.19. The molecule has 1 atom stereocenters. The standard InChI is InChI=1S/C15H22O3/c1-4-8-14(18-6-3)15(16)12-9-7-10-13(11-12)17-5-2/h7,9-11,14H,4-6,8H2,1-3H3. The summed E-state index contributed by atoms with van der Waals surface area (Å²) in [6.45, 7) is 7.04. The van der Waals surface area contributed by atoms with Crippen molar-refractivity contribution in [2.24, 2.45) is 0 Å². The van der Waals surface area contributed by atoms with Crippen LogP contribution < -0.4 is 4.74 Å². The van der Waals surface area contributed by atoms with E-state index in [0.717, 1.165) is 18.6 Å². The van der Waals surface area contributed by atoms with E-state index < -0.39 is 0 Å². The molecule has 0 fully saturated rings. The van der Waals surface area contributed by atoms with Gasteiger partial charge in [-0.15, -0.1) is 0 Å². The zero-order valence-corrected chi connectivity index (χ0v) is 11.4. The molecule has 0 heterocycles. The SMILES string of the molecule is CCCC(OCC)C(=O)c1cccc(OCC)c1. The third-order valence-electron chi connectivity index (χ3n) is 2.64. The minimum absolute atomic E-state index is 0.0419. The molecule has 0 aliphatic rings. The van der Waals surface area contributed by atoms with Gasteiger partial charge in [0.2, 0.25) is 0 Å². The Kier molecular flexibility index (Phi) is 6.44. The lowest BCUT2D eigenvalue weighted by Crippen LogP contribution is -2.24. The Morgan fingerprint density at radius 2 is 2.00 bits per heavy atom. The van der Waals surface area contributed by atoms with Gasteiger partial charge in [0.1, 0.15) is 11.9 Å². The molecule has 18 heavy (non-hydrogen) atoms. The molecule has 100 valence electrons. The summed E-state index contributed by atoms with van der Waals surface area (Å²) < 4.78 is 10.9. The molecule has 0 radical (unpaired) electrons. The molecule has 1 unspecified atom stereocenters. The summed E-state index contributed by atoms with van der Waals surface area (Å²) in [5.74, 6) is 0.773. The maximum Gasteiger partial charge on any atom is 0.191 e. The summed E-state index contributed by atoms with van der Waals surface area (Å²) >= 11 is 0. The quantitative estimate of drug-likeness (QED) is 0.663. The molecule has 0 amide bonds. The maximum atomic E-state index is 12.3. The van der Waals surface area contributed by atoms with Crippen molar-refractivity contribution in [3.8, 4) is 5.75 Å². The number of carbonyl (C=O) groups is 1. The van der Waals surface area contributed by atoms with Crippen molar-refractivity contribution in [2.45, 2.75) is 39.7 Å². The normalized spacial score (nSPS) is 12.2. The van der Waals surface area contributed by atoms with Gasteiger partial charge in [-0.1, -0.05) is 25.5 Å². The van der Waals surface area contributed by atoms with Crippen molar-refractivity contribution in [1.82, 2.24) is 0 Å². The molecule has 1 aromatic carbocycles. The van der Waals surface area contributed by atoms with Crippen LogP contribution in [-0.4, -0.2) is 25.1 Å². The second-order valence-electron chi connectivity index (χ2n) is 4.06. The molecular formula is C15H22O3. The van der Waals surface area contributed by atoms with E-state index in [2.05, 4.69) is 6.92 Å². The lowest BCUT2D eigenvalue weighted by atomic mass is 10.0. The van der Waals surface area contributed by atoms with Crippen LogP contribution in [0.25, 0.3) is 0 Å². The predicted octanol–water partition coefficient (Wildman–Crippen LogP) is 3.47. The average Bonchev–Trinajstić information content (AvgIpc) is 2.38. The third kappa shape index (κ3) is 4.15. The minimum atomic E-state index is -0.336. The van der Waals surface area contributed by atoms with Gasteiger partial charge in [0.25, 0.3) is 0 Å². The Hall–Kier alpha value is -1.35. The van der Waals surface area contributed by atoms with Gasteiger partial charge >= 0.3 is 0 Å². The molecule has 0 aromatic heterocycles. The van der Waals surface area contributed by atoms with Crippen molar-refractivity contribution in [3.63, 3.8) is 0 Å². The second kappa shape index (κ2) is 7.88. The summed E-state index contributed by atoms with van der Waals surface area (Å²) in [5.41, 5.74) is 0.660. The number of Topliss-reactive ketones (excluding diaryl/α,β-unsaturated/α-hetero) is 1. The van der Waals surface area contributed by atoms with Gasteiger partial charge in [0.05, 0.1) is 6.61 Å². The van der Waals surface area contributed by atoms with E-state index in [1.807, 2.05) is 32.0 Å². The zero-order chi connectivity index (χ0) is 13.4. The van der Waals surface area contributed by atoms with Crippen LogP contribution >= 0.6 is 0 Å². The molecule has 1 rings (SSSR count). The molecule has 0 saturated heterocycles. The van der Waals surface area contributed by atoms with Gasteiger partial charge in [-0.3, -0.25) is 4.79 Å². The minimum Gasteiger partial charge on any atom is -0.494 e. The Bertz CT molecular complexity index is 368. The summed E-state index contributed by atoms with van der Waals surface area (Å²) in [6, 6.07) is 7.29. The fraction of sp³-hybridized carbons (Fsp3) is 0.533. The van der Waals surface area contributed by atoms with Crippen LogP contribution in [0, 0.1) is 0 Å². The molecule has 3 nitrogen and oxygen atoms in total. The number of ether oxygens (including phenoxy) is 2. The highest BCUT2D eigenvalue weighted by Crippen LogP contribution is 2.17. The third-order valence-corrected chi connectivity index (χ3v) is 2.64. The predicted molar refractivity (Wildman–Crippen MR) is 72.3 cm³/mol. The van der Waals surface area contributed by atoms with Crippen LogP contribution in [0.1, 0.15) is 44.0 Å². The van der Waals surface area contributed by atoms with Crippen LogP contribution in [-0.2, 0) is 4.74 Å². The number of ketones is 1. The fourth-order valence-corrected chi connectivity index (χ4v) is 1.85. The lowest BCUT2D eigenvalue weighted by molar-refractivity contribution is 0.0423. The van der Waals surface area contributed by atoms with E-state index >= 15 is 0 Å². The van der Waals surface area contributed by atoms with Crippen molar-refractivity contribution in [1.29, 1.82) is 0 Å². The monoisotopic (exact) mass is 250 g/mol. The van der Waals surface area contributed by atoms with E-state index in [0.29, 0.717) is 18.8 Å². The number of rotatable bonds is 8. The molecule has 3 heteroatoms. The Morgan fingerprint density at radius 3 is 2.61 bits per heavy atom. The van der Waals surface area contributed by atoms with Gasteiger partial charge in [-0.25, -0.2) is 0 Å². The molecule has 0 spiro atoms. The molecular weight excluding hydrogens is 228 g/mol. The van der Waals surface area contributed by atoms with Gasteiger partial charge < -0.3 is 9.47 Å². The largest absolute Gasteiger partial charge is 0.494 e. The smallest absolute Gasteiger partial charge is 0.191 e. The van der Waals surface area contributed by atoms with E-state index in [1.54, 1.807) is 6.07 Å². The topological polar surface area (TPSA) is 35.5 Å². The molecule has 1 aromatic rings. The molecule has 0 N–H and O–H groups in total. The summed E-state index contributed by atoms with van der Waals surface area (Å²) in [5, 5.41) is 0. The number of carbonyl (C=O) groups excluding carboxylic acids is 1. The average molecular weight is 250 g/mol. The van der Waals surface area contributed by atoms with E-state index in [1.165, 1.54) is 0 Å². The second-order valence-corrected chi connectivity index (χ2v) is 4.06. The first-order valence-corrected chi connectivity index (χ1v) is 6.61. The fourth-order valence-electron chi connectivity index (χ4n) is 1.85. The van der Waals surface area contributed by atoms with Crippen LogP contribution in [0.5, 0.6) is 5.75 Å². The van der Waals surface area contributed by atoms with Gasteiger partial charge in [-0.05, 0) is 32.4 Å². The van der Waals surface area contributed by atoms with Crippen molar-refractivity contribution in [3.05, 3.63) is 29.8 Å². The van der Waals surface area contributed by atoms with Gasteiger partial charge in [-0.2, -0.15) is 0 Å². The van der Waals surface area contributed by atoms with Crippen LogP contribution in [0.2, 0.25) is 0 Å². The summed E-state index contributed by atoms with van der Waals surface area (Å²) in [7, 11) is 0. The van der Waals surface area contributed by atoms with E-state index in [-0.39, 0.29) is 11.9 Å². The van der Waals surface area contributed by atoms with Crippen LogP contribution in [0.15, 0.2) is 24.3 Å². The number of hydrogen-bond acceptors (Lipinski definition) is 3. The molecule has 0 bridgehead atoms. The molecule has 0 saturated carbocycles. The van der Waals surface area contributed by atoms with Crippen molar-refractivity contribution >= 4 is 5.78 Å². The van der Waals surface area contributed by atoms with Gasteiger partial charge in [0.15, 0.2) is 5.78 Å². The van der Waals surface area contributed by atoms with Gasteiger partial charge in [0, 0.05) is 12.2 Å². The van der Waals surface area contributed by atoms with Crippen LogP contribution in [0.3, 0.4) is 0 Å². The maximum absolute atomic E-state index is 12.3. The van der Waals surface area contributed by atoms with E-state index in [9.17, 15) is 4.79 Å². The molecule has 0 aliphatic heterocycles. The Balaban J connectivity index is 2.82. The highest BCUT2D eigenvalue weighted by molar-refractivity contribution is 5.99. The van der Waals surface area contributed by atoms with E-state index in [4.69, 9.17) is 9.47 Å². The first kappa shape index (κ1) is 14.7. The van der Waals surface area contributed by atoms with Crippen molar-refractivity contribution < 1.29 is 14.3 Å². The Morgan fingerprint density at radius 1 is 1.22 bits per heavy atom. The lowest BCUT2D eigenvalue weighted by Gasteiger charge is -2.15.